The average molecular weight is 400 g/mol. The number of carbonyl (C=O) groups is 1. The van der Waals surface area contributed by atoms with Crippen molar-refractivity contribution in [3.63, 3.8) is 0 Å². The number of thiazole rings is 2. The lowest BCUT2D eigenvalue weighted by atomic mass is 10.3. The summed E-state index contributed by atoms with van der Waals surface area (Å²) in [4.78, 5) is 20.7. The molecule has 108 valence electrons. The highest BCUT2D eigenvalue weighted by molar-refractivity contribution is 9.10. The number of nitrogens with one attached hydrogen (secondary N) is 1. The molecule has 0 fully saturated rings. The second-order valence-corrected chi connectivity index (χ2v) is 8.25. The quantitative estimate of drug-likeness (QED) is 0.653. The maximum Gasteiger partial charge on any atom is 0.236 e. The van der Waals surface area contributed by atoms with Crippen LogP contribution in [-0.4, -0.2) is 21.6 Å². The molecule has 0 aliphatic carbocycles. The van der Waals surface area contributed by atoms with Crippen LogP contribution in [0.3, 0.4) is 0 Å². The van der Waals surface area contributed by atoms with Gasteiger partial charge in [0.1, 0.15) is 0 Å². The lowest BCUT2D eigenvalue weighted by molar-refractivity contribution is -0.113. The second kappa shape index (κ2) is 6.43. The van der Waals surface area contributed by atoms with Crippen LogP contribution in [0.1, 0.15) is 5.69 Å². The first-order chi connectivity index (χ1) is 10.1. The first-order valence-corrected chi connectivity index (χ1v) is 9.48. The molecule has 0 saturated carbocycles. The van der Waals surface area contributed by atoms with E-state index in [1.165, 1.54) is 23.1 Å². The highest BCUT2D eigenvalue weighted by atomic mass is 79.9. The predicted molar refractivity (Wildman–Crippen MR) is 93.5 cm³/mol. The van der Waals surface area contributed by atoms with Gasteiger partial charge in [-0.25, -0.2) is 9.97 Å². The van der Waals surface area contributed by atoms with E-state index in [0.29, 0.717) is 10.9 Å². The minimum Gasteiger partial charge on any atom is -0.301 e. The van der Waals surface area contributed by atoms with Crippen molar-refractivity contribution in [1.82, 2.24) is 9.97 Å². The van der Waals surface area contributed by atoms with Gasteiger partial charge in [0.25, 0.3) is 0 Å². The molecule has 1 aromatic carbocycles. The topological polar surface area (TPSA) is 54.9 Å². The standard InChI is InChI=1S/C13H10BrN3OS3/c1-7-5-19-13(15-7)20-6-11(18)17-12-16-9-3-2-8(14)4-10(9)21-12/h2-5H,6H2,1H3,(H,16,17,18). The number of halogens is 1. The van der Waals surface area contributed by atoms with E-state index >= 15 is 0 Å². The molecule has 0 radical (unpaired) electrons. The highest BCUT2D eigenvalue weighted by Gasteiger charge is 2.09. The molecule has 2 heterocycles. The number of rotatable bonds is 4. The van der Waals surface area contributed by atoms with Gasteiger partial charge < -0.3 is 5.32 Å². The highest BCUT2D eigenvalue weighted by Crippen LogP contribution is 2.29. The van der Waals surface area contributed by atoms with Gasteiger partial charge in [0.05, 0.1) is 16.0 Å². The third-order valence-corrected chi connectivity index (χ3v) is 6.09. The molecule has 0 bridgehead atoms. The Bertz CT molecular complexity index is 799. The van der Waals surface area contributed by atoms with Gasteiger partial charge >= 0.3 is 0 Å². The Hall–Kier alpha value is -0.960. The van der Waals surface area contributed by atoms with Gasteiger partial charge in [-0.15, -0.1) is 11.3 Å². The lowest BCUT2D eigenvalue weighted by Gasteiger charge is -1.99. The van der Waals surface area contributed by atoms with Gasteiger partial charge in [-0.3, -0.25) is 4.79 Å². The number of amides is 1. The summed E-state index contributed by atoms with van der Waals surface area (Å²) in [6, 6.07) is 5.86. The van der Waals surface area contributed by atoms with Gasteiger partial charge in [-0.2, -0.15) is 0 Å². The van der Waals surface area contributed by atoms with E-state index in [4.69, 9.17) is 0 Å². The smallest absolute Gasteiger partial charge is 0.236 e. The van der Waals surface area contributed by atoms with E-state index in [9.17, 15) is 4.79 Å². The summed E-state index contributed by atoms with van der Waals surface area (Å²) in [5, 5.41) is 5.44. The van der Waals surface area contributed by atoms with Crippen molar-refractivity contribution < 1.29 is 4.79 Å². The van der Waals surface area contributed by atoms with E-state index < -0.39 is 0 Å². The molecule has 1 amide bonds. The van der Waals surface area contributed by atoms with E-state index in [1.807, 2.05) is 30.5 Å². The van der Waals surface area contributed by atoms with Gasteiger partial charge in [0.15, 0.2) is 9.47 Å². The van der Waals surface area contributed by atoms with Crippen LogP contribution in [0.25, 0.3) is 10.2 Å². The molecule has 0 atom stereocenters. The van der Waals surface area contributed by atoms with Crippen LogP contribution in [0.2, 0.25) is 0 Å². The van der Waals surface area contributed by atoms with Crippen LogP contribution in [0.5, 0.6) is 0 Å². The number of aryl methyl sites for hydroxylation is 1. The van der Waals surface area contributed by atoms with Crippen molar-refractivity contribution in [3.05, 3.63) is 33.7 Å². The minimum atomic E-state index is -0.0639. The maximum absolute atomic E-state index is 11.9. The number of fused-ring (bicyclic) bond motifs is 1. The van der Waals surface area contributed by atoms with Crippen LogP contribution >= 0.6 is 50.4 Å². The summed E-state index contributed by atoms with van der Waals surface area (Å²) in [5.41, 5.74) is 1.88. The number of carbonyl (C=O) groups excluding carboxylic acids is 1. The SMILES string of the molecule is Cc1csc(SCC(=O)Nc2nc3ccc(Br)cc3s2)n1. The zero-order valence-corrected chi connectivity index (χ0v) is 15.0. The Kier molecular flexibility index (Phi) is 4.58. The van der Waals surface area contributed by atoms with Gasteiger partial charge in [-0.05, 0) is 25.1 Å². The molecule has 0 saturated heterocycles. The summed E-state index contributed by atoms with van der Waals surface area (Å²) < 4.78 is 2.96. The molecule has 0 unspecified atom stereocenters. The zero-order chi connectivity index (χ0) is 14.8. The predicted octanol–water partition coefficient (Wildman–Crippen LogP) is 4.55. The first-order valence-electron chi connectivity index (χ1n) is 6.01. The largest absolute Gasteiger partial charge is 0.301 e. The van der Waals surface area contributed by atoms with Gasteiger partial charge in [-0.1, -0.05) is 39.0 Å². The van der Waals surface area contributed by atoms with Crippen molar-refractivity contribution >= 4 is 71.6 Å². The van der Waals surface area contributed by atoms with Crippen LogP contribution in [0, 0.1) is 6.92 Å². The summed E-state index contributed by atoms with van der Waals surface area (Å²) >= 11 is 7.90. The number of benzene rings is 1. The molecular formula is C13H10BrN3OS3. The molecular weight excluding hydrogens is 390 g/mol. The van der Waals surface area contributed by atoms with Crippen molar-refractivity contribution in [3.8, 4) is 0 Å². The number of aromatic nitrogens is 2. The number of nitrogens with zero attached hydrogens (tertiary/aromatic N) is 2. The Morgan fingerprint density at radius 2 is 2.29 bits per heavy atom. The Balaban J connectivity index is 1.63. The second-order valence-electron chi connectivity index (χ2n) is 4.22. The first kappa shape index (κ1) is 15.0. The van der Waals surface area contributed by atoms with Crippen molar-refractivity contribution in [2.45, 2.75) is 11.3 Å². The maximum atomic E-state index is 11.9. The molecule has 0 spiro atoms. The summed E-state index contributed by atoms with van der Waals surface area (Å²) in [5.74, 6) is 0.276. The van der Waals surface area contributed by atoms with Gasteiger partial charge in [0.2, 0.25) is 5.91 Å². The molecule has 0 aliphatic heterocycles. The van der Waals surface area contributed by atoms with E-state index in [1.54, 1.807) is 11.3 Å². The van der Waals surface area contributed by atoms with E-state index in [0.717, 1.165) is 24.7 Å². The summed E-state index contributed by atoms with van der Waals surface area (Å²) in [7, 11) is 0. The number of anilines is 1. The van der Waals surface area contributed by atoms with Crippen molar-refractivity contribution in [2.75, 3.05) is 11.1 Å². The molecule has 0 aliphatic rings. The fourth-order valence-electron chi connectivity index (χ4n) is 1.63. The molecule has 4 nitrogen and oxygen atoms in total. The number of thioether (sulfide) groups is 1. The summed E-state index contributed by atoms with van der Waals surface area (Å²) in [6.45, 7) is 1.94. The van der Waals surface area contributed by atoms with E-state index in [2.05, 4.69) is 31.2 Å². The third-order valence-electron chi connectivity index (χ3n) is 2.52. The number of hydrogen-bond acceptors (Lipinski definition) is 6. The zero-order valence-electron chi connectivity index (χ0n) is 10.9. The van der Waals surface area contributed by atoms with Crippen molar-refractivity contribution in [1.29, 1.82) is 0 Å². The van der Waals surface area contributed by atoms with Crippen LogP contribution in [-0.2, 0) is 4.79 Å². The molecule has 8 heteroatoms. The van der Waals surface area contributed by atoms with E-state index in [-0.39, 0.29) is 5.91 Å². The van der Waals surface area contributed by atoms with Crippen LogP contribution < -0.4 is 5.32 Å². The average Bonchev–Trinajstić information content (AvgIpc) is 3.01. The Labute approximate surface area is 142 Å². The van der Waals surface area contributed by atoms with Crippen LogP contribution in [0.4, 0.5) is 5.13 Å². The van der Waals surface area contributed by atoms with Crippen molar-refractivity contribution in [2.24, 2.45) is 0 Å². The fourth-order valence-corrected chi connectivity index (χ4v) is 4.72. The molecule has 2 aromatic heterocycles. The monoisotopic (exact) mass is 399 g/mol. The molecule has 3 rings (SSSR count). The number of hydrogen-bond donors (Lipinski definition) is 1. The lowest BCUT2D eigenvalue weighted by Crippen LogP contribution is -2.13. The van der Waals surface area contributed by atoms with Crippen LogP contribution in [0.15, 0.2) is 32.4 Å². The normalized spacial score (nSPS) is 11.0. The van der Waals surface area contributed by atoms with Gasteiger partial charge in [0, 0.05) is 15.5 Å². The molecule has 3 aromatic rings. The third kappa shape index (κ3) is 3.82. The fraction of sp³-hybridized carbons (Fsp3) is 0.154. The Morgan fingerprint density at radius 1 is 1.43 bits per heavy atom. The minimum absolute atomic E-state index is 0.0639. The summed E-state index contributed by atoms with van der Waals surface area (Å²) in [6.07, 6.45) is 0. The molecule has 21 heavy (non-hydrogen) atoms. The Morgan fingerprint density at radius 3 is 3.05 bits per heavy atom. The molecule has 1 N–H and O–H groups in total.